The van der Waals surface area contributed by atoms with Crippen molar-refractivity contribution in [2.24, 2.45) is 0 Å². The third kappa shape index (κ3) is 5.39. The van der Waals surface area contributed by atoms with Crippen LogP contribution in [-0.2, 0) is 0 Å². The number of benzene rings is 8. The van der Waals surface area contributed by atoms with Crippen molar-refractivity contribution in [3.8, 4) is 61.8 Å². The van der Waals surface area contributed by atoms with Crippen LogP contribution >= 0.6 is 0 Å². The van der Waals surface area contributed by atoms with E-state index < -0.39 is 0 Å². The predicted octanol–water partition coefficient (Wildman–Crippen LogP) is 13.8. The molecule has 4 heteroatoms. The summed E-state index contributed by atoms with van der Waals surface area (Å²) >= 11 is 0. The largest absolute Gasteiger partial charge is 0.454 e. The summed E-state index contributed by atoms with van der Waals surface area (Å²) in [6.07, 6.45) is 0. The molecule has 0 aliphatic heterocycles. The Bertz CT molecular complexity index is 3220. The molecule has 0 fully saturated rings. The highest BCUT2D eigenvalue weighted by Gasteiger charge is 2.19. The van der Waals surface area contributed by atoms with E-state index in [0.717, 1.165) is 77.9 Å². The highest BCUT2D eigenvalue weighted by molar-refractivity contribution is 6.13. The lowest BCUT2D eigenvalue weighted by Crippen LogP contribution is -1.97. The summed E-state index contributed by atoms with van der Waals surface area (Å²) in [4.78, 5) is 10.4. The van der Waals surface area contributed by atoms with Crippen LogP contribution in [0.2, 0.25) is 0 Å². The van der Waals surface area contributed by atoms with Crippen LogP contribution in [0.1, 0.15) is 0 Å². The number of furan rings is 1. The predicted molar refractivity (Wildman–Crippen MR) is 231 cm³/mol. The molecule has 0 unspecified atom stereocenters. The topological polar surface area (TPSA) is 43.9 Å². The SMILES string of the molecule is c1ccc(-c2ccc(-c3ccc(-c4nc(-c5ccccc5)cc(-c5ccc6c7ccccc7n(-c7cccc8c7oc7ccccc78)c6c5)n4)cc3)cc2)cc1. The minimum atomic E-state index is 0.681. The van der Waals surface area contributed by atoms with E-state index in [4.69, 9.17) is 14.4 Å². The van der Waals surface area contributed by atoms with Crippen molar-refractivity contribution in [1.82, 2.24) is 14.5 Å². The van der Waals surface area contributed by atoms with Crippen molar-refractivity contribution in [1.29, 1.82) is 0 Å². The summed E-state index contributed by atoms with van der Waals surface area (Å²) in [5.74, 6) is 0.681. The van der Waals surface area contributed by atoms with E-state index in [1.165, 1.54) is 21.9 Å². The molecule has 8 aromatic carbocycles. The van der Waals surface area contributed by atoms with Crippen LogP contribution in [0.15, 0.2) is 205 Å². The smallest absolute Gasteiger partial charge is 0.160 e. The summed E-state index contributed by atoms with van der Waals surface area (Å²) in [6.45, 7) is 0. The first-order valence-electron chi connectivity index (χ1n) is 18.9. The third-order valence-corrected chi connectivity index (χ3v) is 10.9. The van der Waals surface area contributed by atoms with E-state index in [1.807, 2.05) is 24.3 Å². The maximum absolute atomic E-state index is 6.57. The van der Waals surface area contributed by atoms with Gasteiger partial charge < -0.3 is 8.98 Å². The molecule has 0 amide bonds. The fraction of sp³-hybridized carbons (Fsp3) is 0. The molecular formula is C52H33N3O. The Labute approximate surface area is 323 Å². The number of hydrogen-bond donors (Lipinski definition) is 0. The molecule has 3 aromatic heterocycles. The fourth-order valence-electron chi connectivity index (χ4n) is 8.08. The fourth-order valence-corrected chi connectivity index (χ4v) is 8.08. The van der Waals surface area contributed by atoms with Crippen LogP contribution in [0.4, 0.5) is 0 Å². The van der Waals surface area contributed by atoms with Crippen molar-refractivity contribution in [3.63, 3.8) is 0 Å². The second-order valence-corrected chi connectivity index (χ2v) is 14.2. The minimum absolute atomic E-state index is 0.681. The van der Waals surface area contributed by atoms with Gasteiger partial charge in [-0.1, -0.05) is 170 Å². The number of nitrogens with zero attached hydrogens (tertiary/aromatic N) is 3. The molecule has 0 spiro atoms. The van der Waals surface area contributed by atoms with Gasteiger partial charge >= 0.3 is 0 Å². The lowest BCUT2D eigenvalue weighted by Gasteiger charge is -2.12. The summed E-state index contributed by atoms with van der Waals surface area (Å²) in [7, 11) is 0. The van der Waals surface area contributed by atoms with Crippen LogP contribution in [-0.4, -0.2) is 14.5 Å². The first-order chi connectivity index (χ1) is 27.7. The van der Waals surface area contributed by atoms with Crippen LogP contribution in [0.25, 0.3) is 106 Å². The van der Waals surface area contributed by atoms with Gasteiger partial charge in [-0.2, -0.15) is 0 Å². The Hall–Kier alpha value is -7.56. The zero-order valence-corrected chi connectivity index (χ0v) is 30.3. The Morgan fingerprint density at radius 2 is 0.857 bits per heavy atom. The summed E-state index contributed by atoms with van der Waals surface area (Å²) in [6, 6.07) is 70.2. The molecule has 262 valence electrons. The molecule has 0 aliphatic carbocycles. The average Bonchev–Trinajstić information content (AvgIpc) is 3.83. The quantitative estimate of drug-likeness (QED) is 0.172. The molecular weight excluding hydrogens is 683 g/mol. The lowest BCUT2D eigenvalue weighted by molar-refractivity contribution is 0.666. The number of rotatable bonds is 6. The van der Waals surface area contributed by atoms with Crippen molar-refractivity contribution in [2.45, 2.75) is 0 Å². The number of para-hydroxylation sites is 3. The van der Waals surface area contributed by atoms with Gasteiger partial charge in [0.2, 0.25) is 0 Å². The van der Waals surface area contributed by atoms with Crippen molar-refractivity contribution in [3.05, 3.63) is 200 Å². The van der Waals surface area contributed by atoms with E-state index >= 15 is 0 Å². The summed E-state index contributed by atoms with van der Waals surface area (Å²) < 4.78 is 8.91. The number of hydrogen-bond acceptors (Lipinski definition) is 3. The zero-order chi connectivity index (χ0) is 37.0. The molecule has 11 rings (SSSR count). The van der Waals surface area contributed by atoms with Crippen LogP contribution < -0.4 is 0 Å². The van der Waals surface area contributed by atoms with Crippen LogP contribution in [0, 0.1) is 0 Å². The Morgan fingerprint density at radius 1 is 0.339 bits per heavy atom. The van der Waals surface area contributed by atoms with E-state index in [-0.39, 0.29) is 0 Å². The van der Waals surface area contributed by atoms with Crippen molar-refractivity contribution < 1.29 is 4.42 Å². The van der Waals surface area contributed by atoms with Gasteiger partial charge in [0.05, 0.1) is 28.1 Å². The molecule has 0 saturated carbocycles. The maximum Gasteiger partial charge on any atom is 0.160 e. The molecule has 0 bridgehead atoms. The van der Waals surface area contributed by atoms with Crippen molar-refractivity contribution in [2.75, 3.05) is 0 Å². The van der Waals surface area contributed by atoms with E-state index in [9.17, 15) is 0 Å². The Kier molecular flexibility index (Phi) is 7.46. The lowest BCUT2D eigenvalue weighted by atomic mass is 9.99. The van der Waals surface area contributed by atoms with Gasteiger partial charge in [-0.05, 0) is 52.6 Å². The number of aromatic nitrogens is 3. The molecule has 11 aromatic rings. The highest BCUT2D eigenvalue weighted by Crippen LogP contribution is 2.39. The molecule has 56 heavy (non-hydrogen) atoms. The Morgan fingerprint density at radius 3 is 1.57 bits per heavy atom. The normalized spacial score (nSPS) is 11.6. The molecule has 0 saturated heterocycles. The van der Waals surface area contributed by atoms with E-state index in [1.54, 1.807) is 0 Å². The molecule has 3 heterocycles. The first kappa shape index (κ1) is 31.9. The van der Waals surface area contributed by atoms with Crippen LogP contribution in [0.5, 0.6) is 0 Å². The second-order valence-electron chi connectivity index (χ2n) is 14.2. The summed E-state index contributed by atoms with van der Waals surface area (Å²) in [5.41, 5.74) is 14.4. The van der Waals surface area contributed by atoms with Gasteiger partial charge in [0, 0.05) is 38.2 Å². The molecule has 0 N–H and O–H groups in total. The zero-order valence-electron chi connectivity index (χ0n) is 30.3. The maximum atomic E-state index is 6.57. The molecule has 0 radical (unpaired) electrons. The standard InChI is InChI=1S/C52H33N3O/c1-3-12-34(13-4-1)35-22-24-36(25-23-35)37-26-28-39(29-27-37)52-53-45(38-14-5-2-6-15-38)33-46(54-52)40-30-31-42-41-16-7-9-19-47(41)55(49(42)32-40)48-20-11-18-44-43-17-8-10-21-50(43)56-51(44)48/h1-33H. The van der Waals surface area contributed by atoms with Crippen molar-refractivity contribution >= 4 is 43.7 Å². The average molecular weight is 716 g/mol. The van der Waals surface area contributed by atoms with Gasteiger partial charge in [0.1, 0.15) is 5.58 Å². The highest BCUT2D eigenvalue weighted by atomic mass is 16.3. The van der Waals surface area contributed by atoms with Gasteiger partial charge in [0.25, 0.3) is 0 Å². The molecule has 4 nitrogen and oxygen atoms in total. The second kappa shape index (κ2) is 13.1. The summed E-state index contributed by atoms with van der Waals surface area (Å²) in [5, 5.41) is 4.57. The molecule has 0 atom stereocenters. The monoisotopic (exact) mass is 715 g/mol. The third-order valence-electron chi connectivity index (χ3n) is 10.9. The van der Waals surface area contributed by atoms with Gasteiger partial charge in [0.15, 0.2) is 11.4 Å². The van der Waals surface area contributed by atoms with Gasteiger partial charge in [-0.15, -0.1) is 0 Å². The van der Waals surface area contributed by atoms with Gasteiger partial charge in [-0.25, -0.2) is 9.97 Å². The Balaban J connectivity index is 1.04. The minimum Gasteiger partial charge on any atom is -0.454 e. The number of fused-ring (bicyclic) bond motifs is 6. The van der Waals surface area contributed by atoms with Gasteiger partial charge in [-0.3, -0.25) is 0 Å². The van der Waals surface area contributed by atoms with E-state index in [0.29, 0.717) is 5.82 Å². The van der Waals surface area contributed by atoms with Crippen LogP contribution in [0.3, 0.4) is 0 Å². The van der Waals surface area contributed by atoms with E-state index in [2.05, 4.69) is 180 Å². The molecule has 0 aliphatic rings. The first-order valence-corrected chi connectivity index (χ1v) is 18.9.